The molecule has 8 heteroatoms. The van der Waals surface area contributed by atoms with Crippen LogP contribution in [-0.4, -0.2) is 37.0 Å². The highest BCUT2D eigenvalue weighted by atomic mass is 35.5. The zero-order valence-corrected chi connectivity index (χ0v) is 12.3. The number of carbonyl (C=O) groups is 1. The van der Waals surface area contributed by atoms with Crippen molar-refractivity contribution in [2.24, 2.45) is 11.8 Å². The first-order valence-electron chi connectivity index (χ1n) is 6.73. The minimum atomic E-state index is -4.59. The molecular weight excluding hydrogens is 324 g/mol. The van der Waals surface area contributed by atoms with Gasteiger partial charge in [-0.05, 0) is 30.0 Å². The second-order valence-corrected chi connectivity index (χ2v) is 5.58. The molecule has 2 heterocycles. The summed E-state index contributed by atoms with van der Waals surface area (Å²) < 4.78 is 51.7. The summed E-state index contributed by atoms with van der Waals surface area (Å²) in [6.07, 6.45) is -4.59. The summed E-state index contributed by atoms with van der Waals surface area (Å²) in [7, 11) is 0. The van der Waals surface area contributed by atoms with E-state index in [2.05, 4.69) is 5.32 Å². The van der Waals surface area contributed by atoms with Crippen molar-refractivity contribution in [2.45, 2.75) is 6.18 Å². The summed E-state index contributed by atoms with van der Waals surface area (Å²) in [5.41, 5.74) is -1.51. The van der Waals surface area contributed by atoms with Crippen LogP contribution in [0.25, 0.3) is 0 Å². The number of likely N-dealkylation sites (tertiary alicyclic amines) is 1. The highest BCUT2D eigenvalue weighted by Gasteiger charge is 2.39. The van der Waals surface area contributed by atoms with Gasteiger partial charge in [-0.25, -0.2) is 4.39 Å². The van der Waals surface area contributed by atoms with E-state index in [9.17, 15) is 22.4 Å². The Kier molecular flexibility index (Phi) is 4.67. The van der Waals surface area contributed by atoms with Crippen LogP contribution in [0.2, 0.25) is 0 Å². The van der Waals surface area contributed by atoms with Crippen LogP contribution in [0.3, 0.4) is 0 Å². The molecule has 122 valence electrons. The molecule has 2 fully saturated rings. The van der Waals surface area contributed by atoms with Crippen molar-refractivity contribution in [3.8, 4) is 0 Å². The third-order valence-corrected chi connectivity index (χ3v) is 4.20. The number of halogens is 5. The summed E-state index contributed by atoms with van der Waals surface area (Å²) in [4.78, 5) is 13.7. The predicted octanol–water partition coefficient (Wildman–Crippen LogP) is 2.56. The lowest BCUT2D eigenvalue weighted by Gasteiger charge is -2.18. The number of alkyl halides is 3. The molecule has 3 rings (SSSR count). The fraction of sp³-hybridized carbons (Fsp3) is 0.500. The highest BCUT2D eigenvalue weighted by molar-refractivity contribution is 5.95. The number of benzene rings is 1. The van der Waals surface area contributed by atoms with Gasteiger partial charge in [0.25, 0.3) is 5.91 Å². The van der Waals surface area contributed by atoms with Crippen molar-refractivity contribution in [1.82, 2.24) is 10.2 Å². The molecule has 0 bridgehead atoms. The molecule has 0 aliphatic carbocycles. The van der Waals surface area contributed by atoms with Gasteiger partial charge < -0.3 is 10.2 Å². The minimum absolute atomic E-state index is 0. The molecule has 1 aromatic rings. The Morgan fingerprint density at radius 2 is 1.77 bits per heavy atom. The van der Waals surface area contributed by atoms with Gasteiger partial charge in [0.15, 0.2) is 0 Å². The van der Waals surface area contributed by atoms with E-state index >= 15 is 0 Å². The van der Waals surface area contributed by atoms with Gasteiger partial charge in [-0.2, -0.15) is 13.2 Å². The summed E-state index contributed by atoms with van der Waals surface area (Å²) in [6, 6.07) is 1.95. The normalized spacial score (nSPS) is 24.1. The Bertz CT molecular complexity index is 566. The van der Waals surface area contributed by atoms with Crippen LogP contribution >= 0.6 is 12.4 Å². The zero-order valence-electron chi connectivity index (χ0n) is 11.5. The van der Waals surface area contributed by atoms with E-state index in [4.69, 9.17) is 0 Å². The lowest BCUT2D eigenvalue weighted by molar-refractivity contribution is -0.137. The van der Waals surface area contributed by atoms with E-state index in [0.717, 1.165) is 13.1 Å². The van der Waals surface area contributed by atoms with Crippen LogP contribution in [0.1, 0.15) is 15.9 Å². The number of nitrogens with zero attached hydrogens (tertiary/aromatic N) is 1. The number of fused-ring (bicyclic) bond motifs is 1. The summed E-state index contributed by atoms with van der Waals surface area (Å²) in [6.45, 7) is 2.51. The first-order chi connectivity index (χ1) is 9.86. The molecular formula is C14H15ClF4N2O. The van der Waals surface area contributed by atoms with Crippen molar-refractivity contribution in [3.63, 3.8) is 0 Å². The number of amides is 1. The number of hydrogen-bond acceptors (Lipinski definition) is 2. The molecule has 2 aliphatic heterocycles. The summed E-state index contributed by atoms with van der Waals surface area (Å²) in [5.74, 6) is -0.957. The zero-order chi connectivity index (χ0) is 15.2. The summed E-state index contributed by atoms with van der Waals surface area (Å²) >= 11 is 0. The van der Waals surface area contributed by atoms with Crippen molar-refractivity contribution in [1.29, 1.82) is 0 Å². The van der Waals surface area contributed by atoms with Crippen LogP contribution in [0, 0.1) is 17.7 Å². The van der Waals surface area contributed by atoms with Crippen LogP contribution < -0.4 is 5.32 Å². The number of carbonyl (C=O) groups excluding carboxylic acids is 1. The molecule has 3 nitrogen and oxygen atoms in total. The first kappa shape index (κ1) is 17.0. The monoisotopic (exact) mass is 338 g/mol. The Balaban J connectivity index is 0.00000176. The maximum atomic E-state index is 13.7. The van der Waals surface area contributed by atoms with Crippen LogP contribution in [0.5, 0.6) is 0 Å². The third kappa shape index (κ3) is 3.05. The number of nitrogens with one attached hydrogen (secondary N) is 1. The molecule has 0 unspecified atom stereocenters. The Hall–Kier alpha value is -1.34. The summed E-state index contributed by atoms with van der Waals surface area (Å²) in [5, 5.41) is 3.20. The second-order valence-electron chi connectivity index (χ2n) is 5.58. The van der Waals surface area contributed by atoms with Crippen LogP contribution in [0.4, 0.5) is 17.6 Å². The molecule has 22 heavy (non-hydrogen) atoms. The van der Waals surface area contributed by atoms with Crippen molar-refractivity contribution in [2.75, 3.05) is 26.2 Å². The second kappa shape index (κ2) is 6.04. The molecule has 1 amide bonds. The maximum Gasteiger partial charge on any atom is 0.416 e. The van der Waals surface area contributed by atoms with Gasteiger partial charge in [0.05, 0.1) is 11.1 Å². The lowest BCUT2D eigenvalue weighted by atomic mass is 10.0. The topological polar surface area (TPSA) is 32.3 Å². The molecule has 0 saturated carbocycles. The fourth-order valence-corrected chi connectivity index (χ4v) is 3.06. The highest BCUT2D eigenvalue weighted by Crippen LogP contribution is 2.32. The number of rotatable bonds is 1. The Morgan fingerprint density at radius 3 is 2.32 bits per heavy atom. The first-order valence-corrected chi connectivity index (χ1v) is 6.73. The van der Waals surface area contributed by atoms with Crippen molar-refractivity contribution >= 4 is 18.3 Å². The van der Waals surface area contributed by atoms with E-state index in [1.54, 1.807) is 0 Å². The van der Waals surface area contributed by atoms with Crippen LogP contribution in [0.15, 0.2) is 18.2 Å². The smallest absolute Gasteiger partial charge is 0.338 e. The van der Waals surface area contributed by atoms with Crippen molar-refractivity contribution < 1.29 is 22.4 Å². The van der Waals surface area contributed by atoms with E-state index in [1.807, 2.05) is 0 Å². The molecule has 1 N–H and O–H groups in total. The van der Waals surface area contributed by atoms with Crippen LogP contribution in [-0.2, 0) is 6.18 Å². The van der Waals surface area contributed by atoms with E-state index in [-0.39, 0.29) is 12.4 Å². The van der Waals surface area contributed by atoms with Gasteiger partial charge >= 0.3 is 6.18 Å². The maximum absolute atomic E-state index is 13.7. The van der Waals surface area contributed by atoms with Gasteiger partial charge in [-0.15, -0.1) is 12.4 Å². The van der Waals surface area contributed by atoms with Crippen molar-refractivity contribution in [3.05, 3.63) is 35.1 Å². The molecule has 0 radical (unpaired) electrons. The number of hydrogen-bond donors (Lipinski definition) is 1. The minimum Gasteiger partial charge on any atom is -0.338 e. The largest absolute Gasteiger partial charge is 0.416 e. The van der Waals surface area contributed by atoms with E-state index in [1.165, 1.54) is 4.90 Å². The van der Waals surface area contributed by atoms with E-state index in [0.29, 0.717) is 43.1 Å². The SMILES string of the molecule is Cl.O=C(c1cc(C(F)(F)F)ccc1F)N1C[C@H]2CNC[C@H]2C1. The molecule has 1 aromatic carbocycles. The van der Waals surface area contributed by atoms with Gasteiger partial charge in [0.1, 0.15) is 5.82 Å². The van der Waals surface area contributed by atoms with Gasteiger partial charge in [-0.1, -0.05) is 0 Å². The average Bonchev–Trinajstić information content (AvgIpc) is 2.97. The molecule has 0 aromatic heterocycles. The van der Waals surface area contributed by atoms with Gasteiger partial charge in [0.2, 0.25) is 0 Å². The quantitative estimate of drug-likeness (QED) is 0.798. The Morgan fingerprint density at radius 1 is 1.18 bits per heavy atom. The molecule has 2 saturated heterocycles. The Labute approximate surface area is 131 Å². The van der Waals surface area contributed by atoms with Gasteiger partial charge in [-0.3, -0.25) is 4.79 Å². The molecule has 2 atom stereocenters. The standard InChI is InChI=1S/C14H14F4N2O.ClH/c15-12-2-1-10(14(16,17)18)3-11(12)13(21)20-6-8-4-19-5-9(8)7-20;/h1-3,8-9,19H,4-7H2;1H/t8-,9+;. The third-order valence-electron chi connectivity index (χ3n) is 4.20. The molecule has 2 aliphatic rings. The average molecular weight is 339 g/mol. The lowest BCUT2D eigenvalue weighted by Crippen LogP contribution is -2.32. The van der Waals surface area contributed by atoms with E-state index < -0.39 is 29.0 Å². The fourth-order valence-electron chi connectivity index (χ4n) is 3.06. The predicted molar refractivity (Wildman–Crippen MR) is 74.4 cm³/mol. The van der Waals surface area contributed by atoms with Gasteiger partial charge in [0, 0.05) is 26.2 Å². The molecule has 0 spiro atoms.